The van der Waals surface area contributed by atoms with Crippen LogP contribution in [0.4, 0.5) is 5.69 Å². The van der Waals surface area contributed by atoms with Crippen molar-refractivity contribution in [1.29, 1.82) is 0 Å². The number of anilines is 1. The summed E-state index contributed by atoms with van der Waals surface area (Å²) in [5, 5.41) is 3.31. The Morgan fingerprint density at radius 2 is 1.63 bits per heavy atom. The molecule has 0 aliphatic heterocycles. The van der Waals surface area contributed by atoms with Crippen molar-refractivity contribution in [2.24, 2.45) is 0 Å². The van der Waals surface area contributed by atoms with Gasteiger partial charge in [0.1, 0.15) is 18.3 Å². The fourth-order valence-corrected chi connectivity index (χ4v) is 5.47. The molecule has 0 radical (unpaired) electrons. The van der Waals surface area contributed by atoms with Crippen molar-refractivity contribution in [2.75, 3.05) is 18.0 Å². The zero-order valence-electron chi connectivity index (χ0n) is 21.8. The van der Waals surface area contributed by atoms with Crippen LogP contribution < -0.4 is 14.4 Å². The number of halogens is 1. The first-order valence-electron chi connectivity index (χ1n) is 12.1. The van der Waals surface area contributed by atoms with Crippen molar-refractivity contribution in [2.45, 2.75) is 44.3 Å². The molecule has 3 aromatic rings. The molecule has 0 saturated carbocycles. The van der Waals surface area contributed by atoms with E-state index in [2.05, 4.69) is 5.32 Å². The lowest BCUT2D eigenvalue weighted by Gasteiger charge is -2.32. The molecule has 8 nitrogen and oxygen atoms in total. The molecule has 0 heterocycles. The van der Waals surface area contributed by atoms with E-state index in [9.17, 15) is 18.0 Å². The van der Waals surface area contributed by atoms with Crippen molar-refractivity contribution in [1.82, 2.24) is 10.2 Å². The molecule has 0 spiro atoms. The Labute approximate surface area is 229 Å². The lowest BCUT2D eigenvalue weighted by Crippen LogP contribution is -2.52. The third kappa shape index (κ3) is 7.26. The van der Waals surface area contributed by atoms with E-state index < -0.39 is 28.5 Å². The highest BCUT2D eigenvalue weighted by atomic mass is 35.5. The number of amides is 2. The van der Waals surface area contributed by atoms with Gasteiger partial charge in [-0.1, -0.05) is 48.0 Å². The molecule has 0 aliphatic rings. The van der Waals surface area contributed by atoms with Gasteiger partial charge in [-0.25, -0.2) is 8.42 Å². The number of ether oxygens (including phenoxy) is 1. The van der Waals surface area contributed by atoms with Crippen molar-refractivity contribution in [3.05, 3.63) is 89.4 Å². The Morgan fingerprint density at radius 3 is 2.26 bits per heavy atom. The monoisotopic (exact) mass is 557 g/mol. The van der Waals surface area contributed by atoms with Crippen LogP contribution in [0, 0.1) is 0 Å². The highest BCUT2D eigenvalue weighted by Gasteiger charge is 2.32. The van der Waals surface area contributed by atoms with Gasteiger partial charge in [0, 0.05) is 23.7 Å². The molecule has 202 valence electrons. The zero-order chi connectivity index (χ0) is 27.9. The minimum atomic E-state index is -4.14. The van der Waals surface area contributed by atoms with E-state index in [1.54, 1.807) is 73.7 Å². The van der Waals surface area contributed by atoms with Crippen LogP contribution >= 0.6 is 11.6 Å². The third-order valence-electron chi connectivity index (χ3n) is 5.79. The number of rotatable bonds is 11. The first-order chi connectivity index (χ1) is 18.0. The largest absolute Gasteiger partial charge is 0.497 e. The van der Waals surface area contributed by atoms with Crippen molar-refractivity contribution in [3.63, 3.8) is 0 Å². The maximum absolute atomic E-state index is 13.9. The SMILES string of the molecule is COc1cccc(N(CC(=O)N(Cc2cccc(Cl)c2)[C@H](C)C(=O)NC(C)C)S(=O)(=O)c2ccccc2)c1. The van der Waals surface area contributed by atoms with Crippen LogP contribution in [-0.4, -0.2) is 50.9 Å². The molecule has 2 amide bonds. The second-order valence-electron chi connectivity index (χ2n) is 9.02. The first kappa shape index (κ1) is 29.0. The number of methoxy groups -OCH3 is 1. The maximum atomic E-state index is 13.9. The summed E-state index contributed by atoms with van der Waals surface area (Å²) >= 11 is 6.16. The van der Waals surface area contributed by atoms with Gasteiger partial charge in [-0.05, 0) is 62.7 Å². The number of hydrogen-bond donors (Lipinski definition) is 1. The van der Waals surface area contributed by atoms with Crippen LogP contribution in [0.5, 0.6) is 5.75 Å². The second-order valence-corrected chi connectivity index (χ2v) is 11.3. The standard InChI is InChI=1S/C28H32ClN3O5S/c1-20(2)30-28(34)21(3)31(18-22-10-8-11-23(29)16-22)27(33)19-32(24-12-9-13-25(17-24)37-4)38(35,36)26-14-6-5-7-15-26/h5-17,20-21H,18-19H2,1-4H3,(H,30,34)/t21-/m1/s1. The van der Waals surface area contributed by atoms with E-state index in [1.165, 1.54) is 24.1 Å². The van der Waals surface area contributed by atoms with E-state index >= 15 is 0 Å². The fourth-order valence-electron chi connectivity index (χ4n) is 3.83. The Bertz CT molecular complexity index is 1370. The normalized spacial score (nSPS) is 12.1. The van der Waals surface area contributed by atoms with E-state index in [1.807, 2.05) is 13.8 Å². The summed E-state index contributed by atoms with van der Waals surface area (Å²) in [6.45, 7) is 4.78. The topological polar surface area (TPSA) is 96.0 Å². The smallest absolute Gasteiger partial charge is 0.264 e. The highest BCUT2D eigenvalue weighted by Crippen LogP contribution is 2.27. The van der Waals surface area contributed by atoms with Crippen molar-refractivity contribution in [3.8, 4) is 5.75 Å². The zero-order valence-corrected chi connectivity index (χ0v) is 23.4. The van der Waals surface area contributed by atoms with Crippen LogP contribution in [0.15, 0.2) is 83.8 Å². The number of benzene rings is 3. The molecule has 0 saturated heterocycles. The van der Waals surface area contributed by atoms with Gasteiger partial charge < -0.3 is 15.0 Å². The molecule has 3 aromatic carbocycles. The average molecular weight is 558 g/mol. The van der Waals surface area contributed by atoms with E-state index in [0.29, 0.717) is 16.3 Å². The summed E-state index contributed by atoms with van der Waals surface area (Å²) in [4.78, 5) is 28.2. The summed E-state index contributed by atoms with van der Waals surface area (Å²) in [6.07, 6.45) is 0. The van der Waals surface area contributed by atoms with Gasteiger partial charge in [-0.15, -0.1) is 0 Å². The maximum Gasteiger partial charge on any atom is 0.264 e. The van der Waals surface area contributed by atoms with Gasteiger partial charge >= 0.3 is 0 Å². The number of carbonyl (C=O) groups is 2. The summed E-state index contributed by atoms with van der Waals surface area (Å²) in [5.74, 6) is -0.475. The summed E-state index contributed by atoms with van der Waals surface area (Å²) < 4.78 is 33.8. The molecule has 1 N–H and O–H groups in total. The summed E-state index contributed by atoms with van der Waals surface area (Å²) in [7, 11) is -2.67. The Morgan fingerprint density at radius 1 is 0.947 bits per heavy atom. The molecule has 0 bridgehead atoms. The van der Waals surface area contributed by atoms with Gasteiger partial charge in [-0.2, -0.15) is 0 Å². The number of nitrogens with one attached hydrogen (secondary N) is 1. The van der Waals surface area contributed by atoms with E-state index in [-0.39, 0.29) is 29.1 Å². The van der Waals surface area contributed by atoms with Crippen LogP contribution in [-0.2, 0) is 26.2 Å². The molecular formula is C28H32ClN3O5S. The van der Waals surface area contributed by atoms with Crippen LogP contribution in [0.25, 0.3) is 0 Å². The minimum Gasteiger partial charge on any atom is -0.497 e. The predicted octanol–water partition coefficient (Wildman–Crippen LogP) is 4.49. The molecule has 38 heavy (non-hydrogen) atoms. The quantitative estimate of drug-likeness (QED) is 0.375. The van der Waals surface area contributed by atoms with Crippen LogP contribution in [0.2, 0.25) is 5.02 Å². The molecule has 10 heteroatoms. The van der Waals surface area contributed by atoms with Gasteiger partial charge in [0.05, 0.1) is 17.7 Å². The summed E-state index contributed by atoms with van der Waals surface area (Å²) in [5.41, 5.74) is 0.956. The molecule has 1 atom stereocenters. The Balaban J connectivity index is 2.04. The Hall–Kier alpha value is -3.56. The molecule has 0 aromatic heterocycles. The molecule has 3 rings (SSSR count). The molecule has 0 unspecified atom stereocenters. The third-order valence-corrected chi connectivity index (χ3v) is 7.81. The number of hydrogen-bond acceptors (Lipinski definition) is 5. The molecule has 0 aliphatic carbocycles. The molecular weight excluding hydrogens is 526 g/mol. The van der Waals surface area contributed by atoms with Crippen LogP contribution in [0.1, 0.15) is 26.3 Å². The number of sulfonamides is 1. The highest BCUT2D eigenvalue weighted by molar-refractivity contribution is 7.92. The summed E-state index contributed by atoms with van der Waals surface area (Å²) in [6, 6.07) is 20.3. The Kier molecular flexibility index (Phi) is 9.77. The average Bonchev–Trinajstić information content (AvgIpc) is 2.90. The van der Waals surface area contributed by atoms with Crippen molar-refractivity contribution >= 4 is 39.1 Å². The van der Waals surface area contributed by atoms with Crippen LogP contribution in [0.3, 0.4) is 0 Å². The minimum absolute atomic E-state index is 0.0302. The predicted molar refractivity (Wildman–Crippen MR) is 149 cm³/mol. The van der Waals surface area contributed by atoms with E-state index in [0.717, 1.165) is 4.31 Å². The van der Waals surface area contributed by atoms with Crippen molar-refractivity contribution < 1.29 is 22.7 Å². The van der Waals surface area contributed by atoms with Gasteiger partial charge in [-0.3, -0.25) is 13.9 Å². The molecule has 0 fully saturated rings. The fraction of sp³-hybridized carbons (Fsp3) is 0.286. The lowest BCUT2D eigenvalue weighted by atomic mass is 10.1. The second kappa shape index (κ2) is 12.8. The van der Waals surface area contributed by atoms with Gasteiger partial charge in [0.25, 0.3) is 10.0 Å². The number of carbonyl (C=O) groups excluding carboxylic acids is 2. The lowest BCUT2D eigenvalue weighted by molar-refractivity contribution is -0.139. The van der Waals surface area contributed by atoms with E-state index in [4.69, 9.17) is 16.3 Å². The first-order valence-corrected chi connectivity index (χ1v) is 13.9. The van der Waals surface area contributed by atoms with Gasteiger partial charge in [0.2, 0.25) is 11.8 Å². The van der Waals surface area contributed by atoms with Gasteiger partial charge in [0.15, 0.2) is 0 Å². The number of nitrogens with zero attached hydrogens (tertiary/aromatic N) is 2.